The second-order valence-corrected chi connectivity index (χ2v) is 6.24. The Morgan fingerprint density at radius 1 is 0.909 bits per heavy atom. The second-order valence-electron chi connectivity index (χ2n) is 6.24. The van der Waals surface area contributed by atoms with Gasteiger partial charge in [0.1, 0.15) is 0 Å². The highest BCUT2D eigenvalue weighted by molar-refractivity contribution is 5.71. The molecule has 0 spiro atoms. The van der Waals surface area contributed by atoms with Crippen LogP contribution in [0.5, 0.6) is 0 Å². The van der Waals surface area contributed by atoms with E-state index in [4.69, 9.17) is 0 Å². The minimum absolute atomic E-state index is 0.320. The molecule has 0 bridgehead atoms. The number of hydrogen-bond donors (Lipinski definition) is 0. The Hall–Kier alpha value is -1.96. The van der Waals surface area contributed by atoms with Crippen molar-refractivity contribution in [2.45, 2.75) is 33.1 Å². The molecule has 0 saturated heterocycles. The summed E-state index contributed by atoms with van der Waals surface area (Å²) in [6.07, 6.45) is 5.73. The van der Waals surface area contributed by atoms with Gasteiger partial charge in [0.2, 0.25) is 0 Å². The third-order valence-electron chi connectivity index (χ3n) is 4.52. The molecular weight excluding hydrogens is 278 g/mol. The summed E-state index contributed by atoms with van der Waals surface area (Å²) in [5, 5.41) is 0. The third kappa shape index (κ3) is 2.83. The van der Waals surface area contributed by atoms with Gasteiger partial charge in [-0.3, -0.25) is 0 Å². The fourth-order valence-corrected chi connectivity index (χ4v) is 2.96. The lowest BCUT2D eigenvalue weighted by Gasteiger charge is -2.18. The van der Waals surface area contributed by atoms with E-state index in [1.54, 1.807) is 19.1 Å². The molecule has 1 aliphatic rings. The van der Waals surface area contributed by atoms with E-state index in [1.165, 1.54) is 17.6 Å². The highest BCUT2D eigenvalue weighted by Crippen LogP contribution is 2.32. The van der Waals surface area contributed by atoms with E-state index in [0.29, 0.717) is 16.7 Å². The van der Waals surface area contributed by atoms with Crippen molar-refractivity contribution in [2.75, 3.05) is 0 Å². The average molecular weight is 298 g/mol. The Labute approximate surface area is 130 Å². The summed E-state index contributed by atoms with van der Waals surface area (Å²) in [6.45, 7) is 3.84. The van der Waals surface area contributed by atoms with Crippen LogP contribution in [0.3, 0.4) is 0 Å². The molecule has 0 radical (unpaired) electrons. The molecule has 0 N–H and O–H groups in total. The maximum absolute atomic E-state index is 14.1. The Morgan fingerprint density at radius 3 is 2.23 bits per heavy atom. The van der Waals surface area contributed by atoms with Crippen molar-refractivity contribution in [3.8, 4) is 11.1 Å². The van der Waals surface area contributed by atoms with Crippen molar-refractivity contribution in [1.29, 1.82) is 0 Å². The molecule has 2 heteroatoms. The number of allylic oxidation sites excluding steroid dienone is 2. The average Bonchev–Trinajstić information content (AvgIpc) is 2.54. The van der Waals surface area contributed by atoms with Crippen molar-refractivity contribution in [2.24, 2.45) is 5.92 Å². The van der Waals surface area contributed by atoms with Crippen molar-refractivity contribution >= 4 is 5.57 Å². The van der Waals surface area contributed by atoms with E-state index >= 15 is 0 Å². The van der Waals surface area contributed by atoms with E-state index in [1.807, 2.05) is 24.3 Å². The minimum atomic E-state index is -0.765. The highest BCUT2D eigenvalue weighted by atomic mass is 19.2. The van der Waals surface area contributed by atoms with E-state index in [9.17, 15) is 8.78 Å². The van der Waals surface area contributed by atoms with E-state index < -0.39 is 11.6 Å². The minimum Gasteiger partial charge on any atom is -0.203 e. The van der Waals surface area contributed by atoms with Gasteiger partial charge in [-0.15, -0.1) is 0 Å². The fourth-order valence-electron chi connectivity index (χ4n) is 2.96. The Balaban J connectivity index is 1.91. The number of aryl methyl sites for hydroxylation is 1. The normalized spacial score (nSPS) is 18.2. The SMILES string of the molecule is Cc1ccc(-c2ccc(C3=CCC(C)CC3)cc2)c(F)c1F. The van der Waals surface area contributed by atoms with Crippen LogP contribution in [0.1, 0.15) is 37.3 Å². The number of hydrogen-bond acceptors (Lipinski definition) is 0. The van der Waals surface area contributed by atoms with Crippen molar-refractivity contribution in [1.82, 2.24) is 0 Å². The lowest BCUT2D eigenvalue weighted by Crippen LogP contribution is -2.01. The van der Waals surface area contributed by atoms with Gasteiger partial charge < -0.3 is 0 Å². The summed E-state index contributed by atoms with van der Waals surface area (Å²) in [6, 6.07) is 11.0. The first-order chi connectivity index (χ1) is 10.6. The Kier molecular flexibility index (Phi) is 4.10. The zero-order valence-electron chi connectivity index (χ0n) is 13.0. The summed E-state index contributed by atoms with van der Waals surface area (Å²) in [5.74, 6) is -0.767. The summed E-state index contributed by atoms with van der Waals surface area (Å²) in [4.78, 5) is 0. The van der Waals surface area contributed by atoms with Crippen molar-refractivity contribution in [3.05, 3.63) is 65.2 Å². The van der Waals surface area contributed by atoms with Gasteiger partial charge in [-0.25, -0.2) is 8.78 Å². The van der Waals surface area contributed by atoms with Gasteiger partial charge in [-0.1, -0.05) is 49.4 Å². The molecule has 2 aromatic rings. The molecule has 1 unspecified atom stereocenters. The first-order valence-corrected chi connectivity index (χ1v) is 7.80. The van der Waals surface area contributed by atoms with Gasteiger partial charge in [-0.05, 0) is 54.4 Å². The maximum atomic E-state index is 14.1. The predicted octanol–water partition coefficient (Wildman–Crippen LogP) is 6.14. The Morgan fingerprint density at radius 2 is 1.59 bits per heavy atom. The van der Waals surface area contributed by atoms with Gasteiger partial charge in [0.15, 0.2) is 11.6 Å². The van der Waals surface area contributed by atoms with Crippen LogP contribution in [0.2, 0.25) is 0 Å². The number of benzene rings is 2. The van der Waals surface area contributed by atoms with Crippen LogP contribution in [-0.4, -0.2) is 0 Å². The quantitative estimate of drug-likeness (QED) is 0.624. The zero-order valence-corrected chi connectivity index (χ0v) is 13.0. The van der Waals surface area contributed by atoms with E-state index in [2.05, 4.69) is 13.0 Å². The molecule has 114 valence electrons. The van der Waals surface area contributed by atoms with Crippen LogP contribution in [-0.2, 0) is 0 Å². The van der Waals surface area contributed by atoms with Gasteiger partial charge in [0.05, 0.1) is 0 Å². The molecule has 22 heavy (non-hydrogen) atoms. The number of halogens is 2. The fraction of sp³-hybridized carbons (Fsp3) is 0.300. The molecule has 0 amide bonds. The summed E-state index contributed by atoms with van der Waals surface area (Å²) in [5.41, 5.74) is 3.91. The van der Waals surface area contributed by atoms with Crippen LogP contribution < -0.4 is 0 Å². The maximum Gasteiger partial charge on any atom is 0.166 e. The molecule has 0 aromatic heterocycles. The summed E-state index contributed by atoms with van der Waals surface area (Å²) in [7, 11) is 0. The van der Waals surface area contributed by atoms with Crippen LogP contribution in [0.25, 0.3) is 16.7 Å². The first-order valence-electron chi connectivity index (χ1n) is 7.80. The standard InChI is InChI=1S/C20H20F2/c1-13-3-6-15(7-4-13)16-8-10-17(11-9-16)18-12-5-14(2)19(21)20(18)22/h5-6,8-13H,3-4,7H2,1-2H3. The zero-order chi connectivity index (χ0) is 15.7. The first kappa shape index (κ1) is 15.0. The van der Waals surface area contributed by atoms with E-state index in [-0.39, 0.29) is 0 Å². The monoisotopic (exact) mass is 298 g/mol. The Bertz CT molecular complexity index is 711. The van der Waals surface area contributed by atoms with Crippen molar-refractivity contribution < 1.29 is 8.78 Å². The largest absolute Gasteiger partial charge is 0.203 e. The highest BCUT2D eigenvalue weighted by Gasteiger charge is 2.14. The predicted molar refractivity (Wildman–Crippen MR) is 87.5 cm³/mol. The molecule has 0 heterocycles. The molecule has 0 fully saturated rings. The van der Waals surface area contributed by atoms with Crippen LogP contribution in [0.15, 0.2) is 42.5 Å². The lowest BCUT2D eigenvalue weighted by atomic mass is 9.87. The molecule has 0 nitrogen and oxygen atoms in total. The van der Waals surface area contributed by atoms with Gasteiger partial charge in [0, 0.05) is 5.56 Å². The van der Waals surface area contributed by atoms with Gasteiger partial charge in [-0.2, -0.15) is 0 Å². The van der Waals surface area contributed by atoms with Crippen LogP contribution in [0, 0.1) is 24.5 Å². The molecule has 1 aliphatic carbocycles. The smallest absolute Gasteiger partial charge is 0.166 e. The molecule has 2 aromatic carbocycles. The molecule has 1 atom stereocenters. The van der Waals surface area contributed by atoms with Gasteiger partial charge in [0.25, 0.3) is 0 Å². The summed E-state index contributed by atoms with van der Waals surface area (Å²) >= 11 is 0. The molecular formula is C20H20F2. The molecule has 0 saturated carbocycles. The molecule has 0 aliphatic heterocycles. The van der Waals surface area contributed by atoms with Gasteiger partial charge >= 0.3 is 0 Å². The number of rotatable bonds is 2. The van der Waals surface area contributed by atoms with Crippen molar-refractivity contribution in [3.63, 3.8) is 0 Å². The topological polar surface area (TPSA) is 0 Å². The lowest BCUT2D eigenvalue weighted by molar-refractivity contribution is 0.505. The molecule has 3 rings (SSSR count). The second kappa shape index (κ2) is 6.04. The summed E-state index contributed by atoms with van der Waals surface area (Å²) < 4.78 is 27.8. The van der Waals surface area contributed by atoms with Crippen LogP contribution in [0.4, 0.5) is 8.78 Å². The van der Waals surface area contributed by atoms with Crippen LogP contribution >= 0.6 is 0 Å². The third-order valence-corrected chi connectivity index (χ3v) is 4.52. The van der Waals surface area contributed by atoms with E-state index in [0.717, 1.165) is 18.8 Å².